The number of carbonyl (C=O) groups excluding carboxylic acids is 1. The molecule has 0 aliphatic rings. The lowest BCUT2D eigenvalue weighted by Crippen LogP contribution is -2.35. The van der Waals surface area contributed by atoms with Crippen LogP contribution in [0.4, 0.5) is 18.0 Å². The zero-order valence-corrected chi connectivity index (χ0v) is 15.1. The molecular weight excluding hydrogens is 365 g/mol. The Hall–Kier alpha value is -3.04. The lowest BCUT2D eigenvalue weighted by atomic mass is 10.1. The lowest BCUT2D eigenvalue weighted by Gasteiger charge is -2.18. The number of aromatic nitrogens is 2. The fraction of sp³-hybridized carbons (Fsp3) is 0.353. The van der Waals surface area contributed by atoms with Crippen molar-refractivity contribution in [2.75, 3.05) is 0 Å². The molecule has 1 aromatic carbocycles. The van der Waals surface area contributed by atoms with Crippen LogP contribution in [0.15, 0.2) is 40.2 Å². The van der Waals surface area contributed by atoms with Crippen molar-refractivity contribution in [1.82, 2.24) is 15.2 Å². The number of alkyl halides is 3. The summed E-state index contributed by atoms with van der Waals surface area (Å²) >= 11 is 0. The number of nitrogens with one attached hydrogen (secondary N) is 2. The van der Waals surface area contributed by atoms with Crippen molar-refractivity contribution < 1.29 is 22.7 Å². The molecule has 1 heterocycles. The van der Waals surface area contributed by atoms with E-state index in [0.29, 0.717) is 5.69 Å². The van der Waals surface area contributed by atoms with E-state index in [1.165, 1.54) is 6.92 Å². The van der Waals surface area contributed by atoms with Gasteiger partial charge in [0.25, 0.3) is 5.56 Å². The Morgan fingerprint density at radius 3 is 2.30 bits per heavy atom. The summed E-state index contributed by atoms with van der Waals surface area (Å²) in [5, 5.41) is 5.70. The summed E-state index contributed by atoms with van der Waals surface area (Å²) in [6.07, 6.45) is -6.14. The van der Waals surface area contributed by atoms with E-state index in [0.717, 1.165) is 4.68 Å². The van der Waals surface area contributed by atoms with Crippen LogP contribution in [0.25, 0.3) is 5.69 Å². The Morgan fingerprint density at radius 1 is 1.19 bits per heavy atom. The van der Waals surface area contributed by atoms with Crippen LogP contribution < -0.4 is 11.0 Å². The number of amides is 1. The normalized spacial score (nSPS) is 12.8. The number of halogens is 3. The van der Waals surface area contributed by atoms with Gasteiger partial charge in [-0.3, -0.25) is 9.89 Å². The van der Waals surface area contributed by atoms with Crippen molar-refractivity contribution in [2.45, 2.75) is 39.5 Å². The molecule has 0 radical (unpaired) electrons. The summed E-state index contributed by atoms with van der Waals surface area (Å²) in [6, 6.07) is 8.11. The van der Waals surface area contributed by atoms with Crippen LogP contribution in [-0.2, 0) is 4.74 Å². The number of ether oxygens (including phenoxy) is 1. The zero-order chi connectivity index (χ0) is 20.4. The van der Waals surface area contributed by atoms with Gasteiger partial charge in [0.05, 0.1) is 11.3 Å². The molecule has 0 fully saturated rings. The van der Waals surface area contributed by atoms with Gasteiger partial charge in [0.15, 0.2) is 5.71 Å². The first-order chi connectivity index (χ1) is 12.4. The third-order valence-electron chi connectivity index (χ3n) is 3.25. The number of para-hydroxylation sites is 1. The molecule has 0 saturated heterocycles. The molecule has 1 aromatic heterocycles. The number of hydrogen-bond donors (Lipinski definition) is 2. The third kappa shape index (κ3) is 4.99. The fourth-order valence-corrected chi connectivity index (χ4v) is 2.25. The molecule has 7 nitrogen and oxygen atoms in total. The predicted octanol–water partition coefficient (Wildman–Crippen LogP) is 3.27. The SMILES string of the molecule is Cc1[nH]n(-c2ccccc2)c(=O)c1C(=NNC(=O)OC(C)(C)C)C(F)(F)F. The second-order valence-corrected chi connectivity index (χ2v) is 6.66. The van der Waals surface area contributed by atoms with Gasteiger partial charge >= 0.3 is 12.3 Å². The van der Waals surface area contributed by atoms with Crippen LogP contribution in [0, 0.1) is 6.92 Å². The van der Waals surface area contributed by atoms with Gasteiger partial charge in [0.1, 0.15) is 5.60 Å². The third-order valence-corrected chi connectivity index (χ3v) is 3.25. The molecule has 0 bridgehead atoms. The topological polar surface area (TPSA) is 88.5 Å². The molecule has 146 valence electrons. The van der Waals surface area contributed by atoms with Crippen molar-refractivity contribution in [3.05, 3.63) is 51.9 Å². The van der Waals surface area contributed by atoms with Crippen molar-refractivity contribution in [2.24, 2.45) is 5.10 Å². The van der Waals surface area contributed by atoms with Gasteiger partial charge in [-0.1, -0.05) is 18.2 Å². The average Bonchev–Trinajstić information content (AvgIpc) is 2.81. The molecule has 0 saturated carbocycles. The fourth-order valence-electron chi connectivity index (χ4n) is 2.25. The molecule has 2 rings (SSSR count). The quantitative estimate of drug-likeness (QED) is 0.629. The van der Waals surface area contributed by atoms with E-state index in [9.17, 15) is 22.8 Å². The number of aromatic amines is 1. The van der Waals surface area contributed by atoms with Crippen LogP contribution in [-0.4, -0.2) is 33.4 Å². The summed E-state index contributed by atoms with van der Waals surface area (Å²) in [5.41, 5.74) is -2.07. The van der Waals surface area contributed by atoms with Crippen LogP contribution in [0.3, 0.4) is 0 Å². The van der Waals surface area contributed by atoms with Crippen molar-refractivity contribution >= 4 is 11.8 Å². The van der Waals surface area contributed by atoms with E-state index in [2.05, 4.69) is 10.2 Å². The minimum atomic E-state index is -4.98. The minimum Gasteiger partial charge on any atom is -0.443 e. The van der Waals surface area contributed by atoms with Gasteiger partial charge in [-0.15, -0.1) is 0 Å². The summed E-state index contributed by atoms with van der Waals surface area (Å²) in [4.78, 5) is 24.2. The lowest BCUT2D eigenvalue weighted by molar-refractivity contribution is -0.0585. The first kappa shape index (κ1) is 20.3. The van der Waals surface area contributed by atoms with Gasteiger partial charge in [-0.05, 0) is 39.8 Å². The Kier molecular flexibility index (Phi) is 5.48. The Bertz CT molecular complexity index is 906. The highest BCUT2D eigenvalue weighted by Gasteiger charge is 2.41. The zero-order valence-electron chi connectivity index (χ0n) is 15.1. The predicted molar refractivity (Wildman–Crippen MR) is 93.1 cm³/mol. The molecule has 2 aromatic rings. The van der Waals surface area contributed by atoms with E-state index in [1.54, 1.807) is 56.5 Å². The van der Waals surface area contributed by atoms with Crippen molar-refractivity contribution in [3.63, 3.8) is 0 Å². The van der Waals surface area contributed by atoms with Crippen LogP contribution >= 0.6 is 0 Å². The monoisotopic (exact) mass is 384 g/mol. The summed E-state index contributed by atoms with van der Waals surface area (Å²) in [7, 11) is 0. The number of aryl methyl sites for hydroxylation is 1. The highest BCUT2D eigenvalue weighted by Crippen LogP contribution is 2.23. The molecule has 10 heteroatoms. The Morgan fingerprint density at radius 2 is 1.78 bits per heavy atom. The smallest absolute Gasteiger partial charge is 0.435 e. The number of hydrogen-bond acceptors (Lipinski definition) is 4. The van der Waals surface area contributed by atoms with Gasteiger partial charge in [0, 0.05) is 5.69 Å². The maximum Gasteiger partial charge on any atom is 0.435 e. The number of carbonyl (C=O) groups is 1. The van der Waals surface area contributed by atoms with Gasteiger partial charge in [-0.2, -0.15) is 18.3 Å². The van der Waals surface area contributed by atoms with E-state index < -0.39 is 34.7 Å². The van der Waals surface area contributed by atoms with Crippen molar-refractivity contribution in [3.8, 4) is 5.69 Å². The van der Waals surface area contributed by atoms with Crippen molar-refractivity contribution in [1.29, 1.82) is 0 Å². The van der Waals surface area contributed by atoms with Crippen LogP contribution in [0.5, 0.6) is 0 Å². The summed E-state index contributed by atoms with van der Waals surface area (Å²) in [5.74, 6) is 0. The van der Waals surface area contributed by atoms with Gasteiger partial charge < -0.3 is 4.74 Å². The number of H-pyrrole nitrogens is 1. The number of nitrogens with zero attached hydrogens (tertiary/aromatic N) is 2. The van der Waals surface area contributed by atoms with Gasteiger partial charge in [-0.25, -0.2) is 14.9 Å². The standard InChI is InChI=1S/C17H19F3N4O3/c1-10-12(14(25)24(23-10)11-8-6-5-7-9-11)13(17(18,19)20)21-22-15(26)27-16(2,3)4/h5-9,23H,1-4H3,(H,22,26). The first-order valence-corrected chi connectivity index (χ1v) is 7.91. The number of benzene rings is 1. The second-order valence-electron chi connectivity index (χ2n) is 6.66. The summed E-state index contributed by atoms with van der Waals surface area (Å²) in [6.45, 7) is 5.96. The van der Waals surface area contributed by atoms with E-state index >= 15 is 0 Å². The molecule has 0 unspecified atom stereocenters. The maximum atomic E-state index is 13.5. The summed E-state index contributed by atoms with van der Waals surface area (Å²) < 4.78 is 46.3. The van der Waals surface area contributed by atoms with E-state index in [1.807, 2.05) is 0 Å². The number of hydrazone groups is 1. The first-order valence-electron chi connectivity index (χ1n) is 7.91. The molecule has 0 aliphatic heterocycles. The average molecular weight is 384 g/mol. The molecule has 0 spiro atoms. The molecule has 0 aliphatic carbocycles. The highest BCUT2D eigenvalue weighted by atomic mass is 19.4. The Labute approximate surface area is 152 Å². The minimum absolute atomic E-state index is 0.0501. The molecular formula is C17H19F3N4O3. The number of rotatable bonds is 3. The van der Waals surface area contributed by atoms with Gasteiger partial charge in [0.2, 0.25) is 0 Å². The largest absolute Gasteiger partial charge is 0.443 e. The van der Waals surface area contributed by atoms with Crippen LogP contribution in [0.2, 0.25) is 0 Å². The van der Waals surface area contributed by atoms with E-state index in [-0.39, 0.29) is 5.69 Å². The maximum absolute atomic E-state index is 13.5. The molecule has 0 atom stereocenters. The Balaban J connectivity index is 2.47. The molecule has 1 amide bonds. The molecule has 2 N–H and O–H groups in total. The molecule has 27 heavy (non-hydrogen) atoms. The van der Waals surface area contributed by atoms with Crippen LogP contribution in [0.1, 0.15) is 32.0 Å². The highest BCUT2D eigenvalue weighted by molar-refractivity contribution is 6.05. The second kappa shape index (κ2) is 7.29. The van der Waals surface area contributed by atoms with E-state index in [4.69, 9.17) is 4.74 Å².